The molecule has 1 saturated heterocycles. The van der Waals surface area contributed by atoms with Crippen molar-refractivity contribution in [2.45, 2.75) is 18.8 Å². The number of hydrogen-bond acceptors (Lipinski definition) is 5. The van der Waals surface area contributed by atoms with E-state index in [1.54, 1.807) is 0 Å². The second-order valence-corrected chi connectivity index (χ2v) is 4.41. The third kappa shape index (κ3) is 1.18. The molecule has 0 amide bonds. The fraction of sp³-hybridized carbons (Fsp3) is 0.714. The van der Waals surface area contributed by atoms with Crippen molar-refractivity contribution >= 4 is 17.8 Å². The van der Waals surface area contributed by atoms with Gasteiger partial charge < -0.3 is 10.2 Å². The molecule has 1 fully saturated rings. The van der Waals surface area contributed by atoms with E-state index in [-0.39, 0.29) is 11.4 Å². The van der Waals surface area contributed by atoms with Gasteiger partial charge in [-0.2, -0.15) is 11.8 Å². The zero-order valence-corrected chi connectivity index (χ0v) is 7.73. The normalized spacial score (nSPS) is 29.4. The maximum Gasteiger partial charge on any atom is 0.312 e. The fourth-order valence-corrected chi connectivity index (χ4v) is 2.77. The molecule has 1 aromatic heterocycles. The van der Waals surface area contributed by atoms with Gasteiger partial charge in [-0.25, -0.2) is 0 Å². The first-order valence-corrected chi connectivity index (χ1v) is 5.03. The van der Waals surface area contributed by atoms with Crippen LogP contribution in [0.2, 0.25) is 0 Å². The molecule has 12 heavy (non-hydrogen) atoms. The van der Waals surface area contributed by atoms with Crippen LogP contribution < -0.4 is 5.73 Å². The number of hydrogen-bond donors (Lipinski definition) is 1. The molecular weight excluding hydrogens is 174 g/mol. The quantitative estimate of drug-likeness (QED) is 0.708. The van der Waals surface area contributed by atoms with Crippen LogP contribution in [0.3, 0.4) is 0 Å². The summed E-state index contributed by atoms with van der Waals surface area (Å²) in [5.41, 5.74) is 5.41. The molecule has 1 aliphatic heterocycles. The lowest BCUT2D eigenvalue weighted by Crippen LogP contribution is -2.21. The Bertz CT molecular complexity index is 280. The standard InChI is InChI=1S/C7H11N3OS/c1-7(2-3-12-4-7)5-9-10-6(8)11-5/h2-4H2,1H3,(H2,8,10). The Hall–Kier alpha value is -0.710. The molecule has 0 aromatic carbocycles. The average Bonchev–Trinajstić information content (AvgIpc) is 2.59. The van der Waals surface area contributed by atoms with E-state index in [9.17, 15) is 0 Å². The summed E-state index contributed by atoms with van der Waals surface area (Å²) < 4.78 is 5.21. The monoisotopic (exact) mass is 185 g/mol. The smallest absolute Gasteiger partial charge is 0.312 e. The number of aromatic nitrogens is 2. The second kappa shape index (κ2) is 2.65. The molecular formula is C7H11N3OS. The molecule has 1 aliphatic rings. The number of rotatable bonds is 1. The van der Waals surface area contributed by atoms with E-state index < -0.39 is 0 Å². The third-order valence-electron chi connectivity index (χ3n) is 2.18. The Morgan fingerprint density at radius 1 is 1.58 bits per heavy atom. The van der Waals surface area contributed by atoms with Gasteiger partial charge in [0.2, 0.25) is 5.89 Å². The van der Waals surface area contributed by atoms with Crippen LogP contribution in [0, 0.1) is 0 Å². The van der Waals surface area contributed by atoms with E-state index in [0.717, 1.165) is 12.2 Å². The molecule has 0 radical (unpaired) electrons. The first-order valence-electron chi connectivity index (χ1n) is 3.88. The Balaban J connectivity index is 2.28. The van der Waals surface area contributed by atoms with Crippen LogP contribution in [0.5, 0.6) is 0 Å². The lowest BCUT2D eigenvalue weighted by Gasteiger charge is -2.15. The molecule has 0 aliphatic carbocycles. The molecule has 0 bridgehead atoms. The first kappa shape index (κ1) is 7.91. The largest absolute Gasteiger partial charge is 0.408 e. The van der Waals surface area contributed by atoms with Crippen LogP contribution in [0.15, 0.2) is 4.42 Å². The van der Waals surface area contributed by atoms with Gasteiger partial charge in [0.15, 0.2) is 0 Å². The van der Waals surface area contributed by atoms with E-state index in [4.69, 9.17) is 10.2 Å². The van der Waals surface area contributed by atoms with Gasteiger partial charge in [0.05, 0.1) is 5.41 Å². The molecule has 4 nitrogen and oxygen atoms in total. The number of thioether (sulfide) groups is 1. The minimum atomic E-state index is 0.0509. The van der Waals surface area contributed by atoms with Crippen molar-refractivity contribution < 1.29 is 4.42 Å². The van der Waals surface area contributed by atoms with Crippen molar-refractivity contribution in [3.8, 4) is 0 Å². The van der Waals surface area contributed by atoms with Gasteiger partial charge >= 0.3 is 6.01 Å². The summed E-state index contributed by atoms with van der Waals surface area (Å²) >= 11 is 1.92. The number of anilines is 1. The summed E-state index contributed by atoms with van der Waals surface area (Å²) in [7, 11) is 0. The van der Waals surface area contributed by atoms with Crippen LogP contribution in [0.4, 0.5) is 6.01 Å². The molecule has 1 aromatic rings. The zero-order valence-electron chi connectivity index (χ0n) is 6.91. The van der Waals surface area contributed by atoms with E-state index in [1.165, 1.54) is 5.75 Å². The van der Waals surface area contributed by atoms with Crippen LogP contribution in [0.1, 0.15) is 19.2 Å². The van der Waals surface area contributed by atoms with Crippen LogP contribution >= 0.6 is 11.8 Å². The average molecular weight is 185 g/mol. The molecule has 66 valence electrons. The molecule has 0 saturated carbocycles. The van der Waals surface area contributed by atoms with Crippen molar-refractivity contribution in [1.82, 2.24) is 10.2 Å². The molecule has 5 heteroatoms. The van der Waals surface area contributed by atoms with Gasteiger partial charge in [-0.1, -0.05) is 5.10 Å². The van der Waals surface area contributed by atoms with Gasteiger partial charge in [-0.15, -0.1) is 5.10 Å². The summed E-state index contributed by atoms with van der Waals surface area (Å²) in [6.07, 6.45) is 1.10. The van der Waals surface area contributed by atoms with Gasteiger partial charge in [0.25, 0.3) is 0 Å². The minimum absolute atomic E-state index is 0.0509. The summed E-state index contributed by atoms with van der Waals surface area (Å²) in [6.45, 7) is 2.14. The summed E-state index contributed by atoms with van der Waals surface area (Å²) in [4.78, 5) is 0. The van der Waals surface area contributed by atoms with Crippen molar-refractivity contribution in [2.24, 2.45) is 0 Å². The minimum Gasteiger partial charge on any atom is -0.408 e. The molecule has 2 rings (SSSR count). The van der Waals surface area contributed by atoms with E-state index in [0.29, 0.717) is 5.89 Å². The Kier molecular flexibility index (Phi) is 1.75. The van der Waals surface area contributed by atoms with Crippen molar-refractivity contribution in [3.05, 3.63) is 5.89 Å². The highest BCUT2D eigenvalue weighted by Crippen LogP contribution is 2.37. The van der Waals surface area contributed by atoms with Crippen LogP contribution in [-0.2, 0) is 5.41 Å². The third-order valence-corrected chi connectivity index (χ3v) is 3.51. The van der Waals surface area contributed by atoms with Crippen LogP contribution in [0.25, 0.3) is 0 Å². The number of nitrogen functional groups attached to an aromatic ring is 1. The van der Waals surface area contributed by atoms with Crippen LogP contribution in [-0.4, -0.2) is 21.7 Å². The van der Waals surface area contributed by atoms with Crippen molar-refractivity contribution in [2.75, 3.05) is 17.2 Å². The highest BCUT2D eigenvalue weighted by atomic mass is 32.2. The summed E-state index contributed by atoms with van der Waals surface area (Å²) in [5, 5.41) is 7.57. The number of nitrogens with zero attached hydrogens (tertiary/aromatic N) is 2. The molecule has 1 atom stereocenters. The van der Waals surface area contributed by atoms with Gasteiger partial charge in [0.1, 0.15) is 0 Å². The molecule has 2 N–H and O–H groups in total. The Morgan fingerprint density at radius 3 is 2.92 bits per heavy atom. The fourth-order valence-electron chi connectivity index (χ4n) is 1.31. The molecule has 0 spiro atoms. The lowest BCUT2D eigenvalue weighted by molar-refractivity contribution is 0.383. The Labute approximate surface area is 74.9 Å². The zero-order chi connectivity index (χ0) is 8.60. The van der Waals surface area contributed by atoms with Gasteiger partial charge in [0, 0.05) is 5.75 Å². The van der Waals surface area contributed by atoms with Crippen molar-refractivity contribution in [1.29, 1.82) is 0 Å². The van der Waals surface area contributed by atoms with Gasteiger partial charge in [-0.3, -0.25) is 0 Å². The topological polar surface area (TPSA) is 64.9 Å². The maximum absolute atomic E-state index is 5.36. The first-order chi connectivity index (χ1) is 5.71. The highest BCUT2D eigenvalue weighted by molar-refractivity contribution is 7.99. The highest BCUT2D eigenvalue weighted by Gasteiger charge is 2.36. The SMILES string of the molecule is CC1(c2nnc(N)o2)CCSC1. The Morgan fingerprint density at radius 2 is 2.42 bits per heavy atom. The predicted octanol–water partition coefficient (Wildman–Crippen LogP) is 1.05. The van der Waals surface area contributed by atoms with Gasteiger partial charge in [-0.05, 0) is 19.1 Å². The second-order valence-electron chi connectivity index (χ2n) is 3.31. The molecule has 2 heterocycles. The predicted molar refractivity (Wildman–Crippen MR) is 48.0 cm³/mol. The van der Waals surface area contributed by atoms with E-state index in [1.807, 2.05) is 11.8 Å². The molecule has 1 unspecified atom stereocenters. The summed E-state index contributed by atoms with van der Waals surface area (Å²) in [5.74, 6) is 2.90. The summed E-state index contributed by atoms with van der Waals surface area (Å²) in [6, 6.07) is 0.170. The van der Waals surface area contributed by atoms with Crippen molar-refractivity contribution in [3.63, 3.8) is 0 Å². The lowest BCUT2D eigenvalue weighted by atomic mass is 9.90. The maximum atomic E-state index is 5.36. The number of nitrogens with two attached hydrogens (primary N) is 1. The van der Waals surface area contributed by atoms with E-state index in [2.05, 4.69) is 17.1 Å². The van der Waals surface area contributed by atoms with E-state index >= 15 is 0 Å².